The zero-order chi connectivity index (χ0) is 28.8. The second kappa shape index (κ2) is 12.6. The van der Waals surface area contributed by atoms with Crippen molar-refractivity contribution in [1.82, 2.24) is 20.7 Å². The van der Waals surface area contributed by atoms with Gasteiger partial charge in [0.25, 0.3) is 11.8 Å². The lowest BCUT2D eigenvalue weighted by molar-refractivity contribution is -0.130. The lowest BCUT2D eigenvalue weighted by Gasteiger charge is -2.38. The number of aryl methyl sites for hydroxylation is 1. The van der Waals surface area contributed by atoms with Crippen LogP contribution in [0.25, 0.3) is 10.9 Å². The number of hydrogen-bond donors (Lipinski definition) is 3. The topological polar surface area (TPSA) is 121 Å². The summed E-state index contributed by atoms with van der Waals surface area (Å²) in [6.07, 6.45) is 0.539. The van der Waals surface area contributed by atoms with Crippen LogP contribution in [-0.2, 0) is 11.4 Å². The van der Waals surface area contributed by atoms with Crippen LogP contribution in [0.4, 0.5) is 0 Å². The number of rotatable bonds is 8. The van der Waals surface area contributed by atoms with Gasteiger partial charge in [0.15, 0.2) is 0 Å². The fourth-order valence-electron chi connectivity index (χ4n) is 5.27. The quantitative estimate of drug-likeness (QED) is 0.222. The number of hydroxylamine groups is 1. The van der Waals surface area contributed by atoms with Crippen molar-refractivity contribution in [3.8, 4) is 5.75 Å². The van der Waals surface area contributed by atoms with Gasteiger partial charge in [0.05, 0.1) is 11.6 Å². The fourth-order valence-corrected chi connectivity index (χ4v) is 5.27. The Balaban J connectivity index is 1.25. The number of pyridine rings is 1. The second-order valence-corrected chi connectivity index (χ2v) is 10.2. The highest BCUT2D eigenvalue weighted by molar-refractivity contribution is 5.95. The molecule has 0 spiro atoms. The van der Waals surface area contributed by atoms with Gasteiger partial charge in [-0.05, 0) is 67.8 Å². The number of benzene rings is 3. The molecule has 1 aromatic heterocycles. The summed E-state index contributed by atoms with van der Waals surface area (Å²) in [6, 6.07) is 25.3. The van der Waals surface area contributed by atoms with Crippen LogP contribution in [0.1, 0.15) is 44.8 Å². The molecule has 5 rings (SSSR count). The van der Waals surface area contributed by atoms with Gasteiger partial charge in [-0.15, -0.1) is 0 Å². The number of para-hydroxylation sites is 1. The van der Waals surface area contributed by atoms with Crippen molar-refractivity contribution < 1.29 is 24.3 Å². The fraction of sp³-hybridized carbons (Fsp3) is 0.250. The molecule has 3 aromatic carbocycles. The maximum atomic E-state index is 13.2. The predicted molar refractivity (Wildman–Crippen MR) is 154 cm³/mol. The van der Waals surface area contributed by atoms with E-state index in [1.165, 1.54) is 0 Å². The zero-order valence-electron chi connectivity index (χ0n) is 22.7. The molecular weight excluding hydrogens is 520 g/mol. The molecule has 2 heterocycles. The Kier molecular flexibility index (Phi) is 8.55. The highest BCUT2D eigenvalue weighted by Gasteiger charge is 2.34. The summed E-state index contributed by atoms with van der Waals surface area (Å²) in [5.74, 6) is -0.605. The maximum absolute atomic E-state index is 13.2. The minimum Gasteiger partial charge on any atom is -0.489 e. The number of likely N-dealkylation sites (tertiary alicyclic amines) is 1. The van der Waals surface area contributed by atoms with E-state index in [1.807, 2.05) is 43.3 Å². The number of hydrogen-bond acceptors (Lipinski definition) is 6. The highest BCUT2D eigenvalue weighted by atomic mass is 16.5. The van der Waals surface area contributed by atoms with Crippen LogP contribution < -0.4 is 15.5 Å². The van der Waals surface area contributed by atoms with E-state index in [1.54, 1.807) is 58.9 Å². The van der Waals surface area contributed by atoms with E-state index in [9.17, 15) is 14.4 Å². The molecule has 4 aromatic rings. The van der Waals surface area contributed by atoms with Crippen LogP contribution in [0.5, 0.6) is 5.75 Å². The molecular formula is C32H32N4O5. The lowest BCUT2D eigenvalue weighted by atomic mass is 9.87. The van der Waals surface area contributed by atoms with Crippen molar-refractivity contribution in [3.63, 3.8) is 0 Å². The van der Waals surface area contributed by atoms with Crippen LogP contribution in [0, 0.1) is 12.8 Å². The number of amides is 3. The van der Waals surface area contributed by atoms with Crippen LogP contribution in [-0.4, -0.2) is 51.9 Å². The summed E-state index contributed by atoms with van der Waals surface area (Å²) in [6.45, 7) is 3.01. The molecule has 0 aliphatic carbocycles. The Labute approximate surface area is 238 Å². The molecule has 1 saturated heterocycles. The van der Waals surface area contributed by atoms with E-state index < -0.39 is 11.9 Å². The smallest absolute Gasteiger partial charge is 0.253 e. The van der Waals surface area contributed by atoms with Crippen LogP contribution in [0.2, 0.25) is 0 Å². The number of carbonyl (C=O) groups is 3. The molecule has 9 heteroatoms. The molecule has 0 bridgehead atoms. The van der Waals surface area contributed by atoms with Crippen molar-refractivity contribution in [2.45, 2.75) is 32.4 Å². The third-order valence-electron chi connectivity index (χ3n) is 7.39. The first-order chi connectivity index (χ1) is 19.9. The third kappa shape index (κ3) is 6.70. The van der Waals surface area contributed by atoms with E-state index in [4.69, 9.17) is 9.94 Å². The minimum absolute atomic E-state index is 0.0325. The summed E-state index contributed by atoms with van der Waals surface area (Å²) >= 11 is 0. The van der Waals surface area contributed by atoms with Crippen molar-refractivity contribution in [1.29, 1.82) is 0 Å². The van der Waals surface area contributed by atoms with Gasteiger partial charge in [0, 0.05) is 47.3 Å². The first-order valence-electron chi connectivity index (χ1n) is 13.6. The van der Waals surface area contributed by atoms with Gasteiger partial charge in [-0.1, -0.05) is 36.4 Å². The monoisotopic (exact) mass is 552 g/mol. The molecule has 9 nitrogen and oxygen atoms in total. The number of ether oxygens (including phenoxy) is 1. The van der Waals surface area contributed by atoms with Gasteiger partial charge in [0.2, 0.25) is 5.91 Å². The van der Waals surface area contributed by atoms with Crippen molar-refractivity contribution in [2.24, 2.45) is 5.92 Å². The Morgan fingerprint density at radius 1 is 0.976 bits per heavy atom. The average Bonchev–Trinajstić information content (AvgIpc) is 3.00. The van der Waals surface area contributed by atoms with E-state index in [0.717, 1.165) is 22.2 Å². The Bertz CT molecular complexity index is 1540. The zero-order valence-corrected chi connectivity index (χ0v) is 22.7. The number of piperidine rings is 1. The van der Waals surface area contributed by atoms with Gasteiger partial charge in [-0.25, -0.2) is 5.48 Å². The maximum Gasteiger partial charge on any atom is 0.253 e. The second-order valence-electron chi connectivity index (χ2n) is 10.2. The van der Waals surface area contributed by atoms with E-state index in [-0.39, 0.29) is 30.7 Å². The van der Waals surface area contributed by atoms with Gasteiger partial charge in [-0.2, -0.15) is 0 Å². The van der Waals surface area contributed by atoms with Gasteiger partial charge < -0.3 is 15.0 Å². The molecule has 1 aliphatic rings. The summed E-state index contributed by atoms with van der Waals surface area (Å²) in [4.78, 5) is 44.5. The van der Waals surface area contributed by atoms with Crippen molar-refractivity contribution in [3.05, 3.63) is 107 Å². The SMILES string of the molecule is Cc1cc(COc2ccc(C(=O)N[C@@H]3CN(C(=O)c4ccccc4)CC[C@H]3CC(=O)NO)cc2)c2ccccc2n1. The molecule has 0 radical (unpaired) electrons. The van der Waals surface area contributed by atoms with E-state index in [0.29, 0.717) is 36.4 Å². The molecule has 210 valence electrons. The molecule has 0 saturated carbocycles. The first kappa shape index (κ1) is 27.8. The molecule has 2 atom stereocenters. The first-order valence-corrected chi connectivity index (χ1v) is 13.6. The van der Waals surface area contributed by atoms with Crippen LogP contribution in [0.3, 0.4) is 0 Å². The van der Waals surface area contributed by atoms with Crippen LogP contribution in [0.15, 0.2) is 84.9 Å². The number of carbonyl (C=O) groups excluding carboxylic acids is 3. The van der Waals surface area contributed by atoms with Gasteiger partial charge in [-0.3, -0.25) is 24.6 Å². The molecule has 1 aliphatic heterocycles. The molecule has 3 amide bonds. The number of fused-ring (bicyclic) bond motifs is 1. The summed E-state index contributed by atoms with van der Waals surface area (Å²) in [7, 11) is 0. The average molecular weight is 553 g/mol. The van der Waals surface area contributed by atoms with Crippen molar-refractivity contribution >= 4 is 28.6 Å². The Morgan fingerprint density at radius 3 is 2.46 bits per heavy atom. The largest absolute Gasteiger partial charge is 0.489 e. The highest BCUT2D eigenvalue weighted by Crippen LogP contribution is 2.24. The molecule has 3 N–H and O–H groups in total. The Morgan fingerprint density at radius 2 is 1.71 bits per heavy atom. The van der Waals surface area contributed by atoms with E-state index >= 15 is 0 Å². The standard InChI is InChI=1S/C32H32N4O5/c1-21-17-25(27-9-5-6-10-28(27)33-21)20-41-26-13-11-22(12-14-26)31(38)34-29-19-36(16-15-24(29)18-30(37)35-40)32(39)23-7-3-2-4-8-23/h2-14,17,24,29,40H,15-16,18-20H2,1H3,(H,34,38)(H,35,37)/t24-,29+/m0/s1. The molecule has 0 unspecified atom stereocenters. The minimum atomic E-state index is -0.532. The normalized spacial score (nSPS) is 16.7. The summed E-state index contributed by atoms with van der Waals surface area (Å²) < 4.78 is 6.02. The van der Waals surface area contributed by atoms with Crippen LogP contribution >= 0.6 is 0 Å². The summed E-state index contributed by atoms with van der Waals surface area (Å²) in [5, 5.41) is 13.1. The lowest BCUT2D eigenvalue weighted by Crippen LogP contribution is -2.54. The third-order valence-corrected chi connectivity index (χ3v) is 7.39. The predicted octanol–water partition coefficient (Wildman–Crippen LogP) is 4.28. The number of nitrogens with one attached hydrogen (secondary N) is 2. The molecule has 1 fully saturated rings. The number of nitrogens with zero attached hydrogens (tertiary/aromatic N) is 2. The van der Waals surface area contributed by atoms with Gasteiger partial charge >= 0.3 is 0 Å². The Hall–Kier alpha value is -4.76. The van der Waals surface area contributed by atoms with Crippen molar-refractivity contribution in [2.75, 3.05) is 13.1 Å². The number of aromatic nitrogens is 1. The molecule has 41 heavy (non-hydrogen) atoms. The summed E-state index contributed by atoms with van der Waals surface area (Å²) in [5.41, 5.74) is 5.52. The van der Waals surface area contributed by atoms with Gasteiger partial charge in [0.1, 0.15) is 12.4 Å². The van der Waals surface area contributed by atoms with E-state index in [2.05, 4.69) is 10.3 Å².